The first-order valence-corrected chi connectivity index (χ1v) is 33.2. The van der Waals surface area contributed by atoms with Crippen LogP contribution in [-0.2, 0) is 0 Å². The van der Waals surface area contributed by atoms with E-state index in [2.05, 4.69) is 358 Å². The van der Waals surface area contributed by atoms with Gasteiger partial charge in [-0.3, -0.25) is 0 Å². The highest BCUT2D eigenvalue weighted by Gasteiger charge is 2.26. The van der Waals surface area contributed by atoms with E-state index in [1.54, 1.807) is 0 Å². The van der Waals surface area contributed by atoms with E-state index in [0.717, 1.165) is 22.7 Å². The summed E-state index contributed by atoms with van der Waals surface area (Å²) in [5.41, 5.74) is 21.3. The van der Waals surface area contributed by atoms with Gasteiger partial charge < -0.3 is 18.3 Å². The van der Waals surface area contributed by atoms with Gasteiger partial charge in [0.05, 0.1) is 44.1 Å². The number of hydrogen-bond donors (Lipinski definition) is 0. The van der Waals surface area contributed by atoms with Gasteiger partial charge in [0.25, 0.3) is 0 Å². The topological polar surface area (TPSA) is 19.7 Å². The minimum Gasteiger partial charge on any atom is -0.309 e. The summed E-state index contributed by atoms with van der Waals surface area (Å²) in [5, 5.41) is 22.2. The highest BCUT2D eigenvalue weighted by molar-refractivity contribution is 6.30. The summed E-state index contributed by atoms with van der Waals surface area (Å²) in [5.74, 6) is 0. The van der Waals surface area contributed by atoms with Gasteiger partial charge in [-0.2, -0.15) is 0 Å². The molecule has 4 heterocycles. The normalized spacial score (nSPS) is 12.2. The van der Waals surface area contributed by atoms with Crippen molar-refractivity contribution in [3.05, 3.63) is 340 Å². The van der Waals surface area contributed by atoms with Crippen LogP contribution in [0.4, 0.5) is 0 Å². The van der Waals surface area contributed by atoms with Crippen LogP contribution in [0.3, 0.4) is 0 Å². The number of aromatic nitrogens is 4. The second-order valence-electron chi connectivity index (χ2n) is 25.9. The zero-order chi connectivity index (χ0) is 62.7. The van der Waals surface area contributed by atoms with Crippen LogP contribution in [-0.4, -0.2) is 18.3 Å². The molecule has 21 rings (SSSR count). The van der Waals surface area contributed by atoms with Gasteiger partial charge in [0.1, 0.15) is 0 Å². The summed E-state index contributed by atoms with van der Waals surface area (Å²) in [6, 6.07) is 127. The van der Waals surface area contributed by atoms with Crippen molar-refractivity contribution in [1.82, 2.24) is 18.3 Å². The Morgan fingerprint density at radius 3 is 1.06 bits per heavy atom. The van der Waals surface area contributed by atoms with Crippen LogP contribution >= 0.6 is 0 Å². The Hall–Kier alpha value is -12.8. The second kappa shape index (κ2) is 20.4. The summed E-state index contributed by atoms with van der Waals surface area (Å²) in [6.45, 7) is 0. The Labute approximate surface area is 551 Å². The number of para-hydroxylation sites is 5. The predicted molar refractivity (Wildman–Crippen MR) is 408 cm³/mol. The Kier molecular flexibility index (Phi) is 11.2. The van der Waals surface area contributed by atoms with E-state index in [0.29, 0.717) is 0 Å². The summed E-state index contributed by atoms with van der Waals surface area (Å²) in [4.78, 5) is 0. The minimum atomic E-state index is 1.13. The third-order valence-corrected chi connectivity index (χ3v) is 20.8. The largest absolute Gasteiger partial charge is 0.309 e. The summed E-state index contributed by atoms with van der Waals surface area (Å²) < 4.78 is 9.90. The molecule has 0 unspecified atom stereocenters. The summed E-state index contributed by atoms with van der Waals surface area (Å²) >= 11 is 0. The van der Waals surface area contributed by atoms with E-state index in [4.69, 9.17) is 0 Å². The van der Waals surface area contributed by atoms with Crippen molar-refractivity contribution < 1.29 is 0 Å². The molecule has 444 valence electrons. The van der Waals surface area contributed by atoms with Gasteiger partial charge in [-0.25, -0.2) is 0 Å². The zero-order valence-electron chi connectivity index (χ0n) is 52.1. The van der Waals surface area contributed by atoms with Crippen molar-refractivity contribution in [1.29, 1.82) is 0 Å². The maximum Gasteiger partial charge on any atom is 0.0626 e. The van der Waals surface area contributed by atoms with Gasteiger partial charge in [-0.05, 0) is 197 Å². The highest BCUT2D eigenvalue weighted by atomic mass is 15.0. The van der Waals surface area contributed by atoms with Gasteiger partial charge >= 0.3 is 0 Å². The molecule has 0 bridgehead atoms. The number of rotatable bonds is 7. The quantitative estimate of drug-likeness (QED) is 0.152. The molecule has 4 aromatic heterocycles. The number of hydrogen-bond acceptors (Lipinski definition) is 0. The molecule has 0 saturated carbocycles. The van der Waals surface area contributed by atoms with Crippen molar-refractivity contribution in [2.24, 2.45) is 0 Å². The molecule has 0 amide bonds. The van der Waals surface area contributed by atoms with Crippen LogP contribution < -0.4 is 0 Å². The van der Waals surface area contributed by atoms with Crippen molar-refractivity contribution in [2.75, 3.05) is 0 Å². The van der Waals surface area contributed by atoms with Crippen molar-refractivity contribution >= 4 is 141 Å². The average molecular weight is 1220 g/mol. The summed E-state index contributed by atoms with van der Waals surface area (Å²) in [7, 11) is 0. The van der Waals surface area contributed by atoms with Crippen LogP contribution in [0.5, 0.6) is 0 Å². The monoisotopic (exact) mass is 1220 g/mol. The molecular formula is C92H56N4. The molecule has 0 aliphatic carbocycles. The molecule has 96 heavy (non-hydrogen) atoms. The lowest BCUT2D eigenvalue weighted by molar-refractivity contribution is 1.18. The zero-order valence-corrected chi connectivity index (χ0v) is 52.1. The van der Waals surface area contributed by atoms with Crippen molar-refractivity contribution in [3.8, 4) is 56.1 Å². The minimum absolute atomic E-state index is 1.13. The van der Waals surface area contributed by atoms with Crippen LogP contribution in [0, 0.1) is 0 Å². The average Bonchev–Trinajstić information content (AvgIpc) is 1.55. The first kappa shape index (κ1) is 52.8. The van der Waals surface area contributed by atoms with Gasteiger partial charge in [0.2, 0.25) is 0 Å². The lowest BCUT2D eigenvalue weighted by atomic mass is 9.92. The van der Waals surface area contributed by atoms with Gasteiger partial charge in [-0.15, -0.1) is 0 Å². The SMILES string of the molecule is c1ccc(-n2c3ccccc3c3cc(-c4c5ccccc5cc5c6c7cc(-c8ccc9cc(-n%10c%11ccccc%11c%11cc(-c%12c%13ccccc%13cc%13c%14c%15ccccc%15ccc%14n(-c%14ccccc%14)c%12%13)ccc%11%10)ccc9c8)ccc7ccc6n(-c6ccccc6)c45)ccc32)cc1. The smallest absolute Gasteiger partial charge is 0.0626 e. The lowest BCUT2D eigenvalue weighted by Crippen LogP contribution is -1.96. The molecule has 4 nitrogen and oxygen atoms in total. The fourth-order valence-electron chi connectivity index (χ4n) is 16.7. The third kappa shape index (κ3) is 7.66. The Balaban J connectivity index is 0.715. The van der Waals surface area contributed by atoms with Crippen LogP contribution in [0.1, 0.15) is 0 Å². The number of benzene rings is 17. The molecule has 17 aromatic carbocycles. The van der Waals surface area contributed by atoms with Crippen molar-refractivity contribution in [2.45, 2.75) is 0 Å². The van der Waals surface area contributed by atoms with E-state index in [-0.39, 0.29) is 0 Å². The molecule has 0 spiro atoms. The summed E-state index contributed by atoms with van der Waals surface area (Å²) in [6.07, 6.45) is 0. The molecule has 0 saturated heterocycles. The maximum absolute atomic E-state index is 2.52. The Morgan fingerprint density at radius 2 is 0.510 bits per heavy atom. The fourth-order valence-corrected chi connectivity index (χ4v) is 16.7. The molecule has 0 N–H and O–H groups in total. The highest BCUT2D eigenvalue weighted by Crippen LogP contribution is 2.49. The number of nitrogens with zero attached hydrogens (tertiary/aromatic N) is 4. The van der Waals surface area contributed by atoms with Crippen LogP contribution in [0.25, 0.3) is 197 Å². The first-order chi connectivity index (χ1) is 47.6. The van der Waals surface area contributed by atoms with E-state index in [1.807, 2.05) is 0 Å². The first-order valence-electron chi connectivity index (χ1n) is 33.2. The molecule has 0 aliphatic heterocycles. The molecule has 0 atom stereocenters. The van der Waals surface area contributed by atoms with Crippen molar-refractivity contribution in [3.63, 3.8) is 0 Å². The van der Waals surface area contributed by atoms with E-state index < -0.39 is 0 Å². The van der Waals surface area contributed by atoms with E-state index in [9.17, 15) is 0 Å². The predicted octanol–water partition coefficient (Wildman–Crippen LogP) is 24.8. The van der Waals surface area contributed by atoms with E-state index >= 15 is 0 Å². The second-order valence-corrected chi connectivity index (χ2v) is 25.9. The molecule has 21 aromatic rings. The third-order valence-electron chi connectivity index (χ3n) is 20.8. The molecular weight excluding hydrogens is 1160 g/mol. The molecule has 4 heteroatoms. The number of fused-ring (bicyclic) bond motifs is 19. The Morgan fingerprint density at radius 1 is 0.156 bits per heavy atom. The Bertz CT molecular complexity index is 6860. The molecule has 0 aliphatic rings. The van der Waals surface area contributed by atoms with Gasteiger partial charge in [-0.1, -0.05) is 218 Å². The van der Waals surface area contributed by atoms with Crippen LogP contribution in [0.15, 0.2) is 340 Å². The standard InChI is InChI=1S/C92H56N4/c1-4-23-67(24-5-1)93-81-34-18-16-32-74(81)77-55-65(43-46-83(77)93)88-73-31-15-12-22-64(73)54-80-90-76-52-62(37-36-58(76)42-49-86(90)96(92(80)88)69-27-8-3-9-28-69)59-38-39-61-51-70(45-40-60(61)50-59)94-82-35-19-17-33-75(82)78-56-66(44-47-84(78)94)87-72-30-14-11-21-63(72)53-79-89-71-29-13-10-20-57(71)41-48-85(89)95(91(79)87)68-25-6-2-7-26-68/h1-56H. The van der Waals surface area contributed by atoms with E-state index in [1.165, 1.54) is 174 Å². The van der Waals surface area contributed by atoms with Gasteiger partial charge in [0, 0.05) is 77.0 Å². The fraction of sp³-hybridized carbons (Fsp3) is 0. The van der Waals surface area contributed by atoms with Crippen LogP contribution in [0.2, 0.25) is 0 Å². The lowest BCUT2D eigenvalue weighted by Gasteiger charge is -2.15. The molecule has 0 fully saturated rings. The molecule has 0 radical (unpaired) electrons. The maximum atomic E-state index is 2.52. The van der Waals surface area contributed by atoms with Gasteiger partial charge in [0.15, 0.2) is 0 Å².